The van der Waals surface area contributed by atoms with Crippen LogP contribution in [0, 0.1) is 0 Å². The summed E-state index contributed by atoms with van der Waals surface area (Å²) in [5, 5.41) is 0. The molecule has 2 rings (SSSR count). The largest absolute Gasteiger partial charge is 0.482 e. The average molecular weight is 312 g/mol. The monoisotopic (exact) mass is 312 g/mol. The van der Waals surface area contributed by atoms with Crippen molar-refractivity contribution in [2.45, 2.75) is 39.5 Å². The Morgan fingerprint density at radius 1 is 1.04 bits per heavy atom. The first-order chi connectivity index (χ1) is 11.1. The molecule has 122 valence electrons. The summed E-state index contributed by atoms with van der Waals surface area (Å²) in [6.45, 7) is 6.23. The molecule has 0 fully saturated rings. The number of rotatable bonds is 7. The molecule has 0 amide bonds. The summed E-state index contributed by atoms with van der Waals surface area (Å²) in [5.74, 6) is 1.23. The van der Waals surface area contributed by atoms with Gasteiger partial charge in [0.2, 0.25) is 0 Å². The Morgan fingerprint density at radius 2 is 1.74 bits per heavy atom. The molecule has 23 heavy (non-hydrogen) atoms. The van der Waals surface area contributed by atoms with E-state index in [0.717, 1.165) is 24.2 Å². The summed E-state index contributed by atoms with van der Waals surface area (Å²) in [6.07, 6.45) is 2.13. The summed E-state index contributed by atoms with van der Waals surface area (Å²) in [7, 11) is 0. The maximum absolute atomic E-state index is 11.9. The SMILES string of the molecule is CCCc1ccc(OC(=O)COc2ccccc2C(C)C)cc1. The van der Waals surface area contributed by atoms with Crippen molar-refractivity contribution in [1.82, 2.24) is 0 Å². The molecule has 0 radical (unpaired) electrons. The number of esters is 1. The van der Waals surface area contributed by atoms with Gasteiger partial charge in [0.05, 0.1) is 0 Å². The van der Waals surface area contributed by atoms with Crippen LogP contribution in [0.1, 0.15) is 44.2 Å². The molecule has 0 saturated carbocycles. The highest BCUT2D eigenvalue weighted by Crippen LogP contribution is 2.25. The van der Waals surface area contributed by atoms with E-state index in [1.165, 1.54) is 5.56 Å². The van der Waals surface area contributed by atoms with Gasteiger partial charge in [-0.2, -0.15) is 0 Å². The Balaban J connectivity index is 1.90. The molecule has 2 aromatic rings. The Morgan fingerprint density at radius 3 is 2.39 bits per heavy atom. The summed E-state index contributed by atoms with van der Waals surface area (Å²) in [6, 6.07) is 15.4. The molecule has 0 aliphatic carbocycles. The number of carbonyl (C=O) groups is 1. The molecule has 3 nitrogen and oxygen atoms in total. The minimum Gasteiger partial charge on any atom is -0.482 e. The van der Waals surface area contributed by atoms with E-state index in [1.54, 1.807) is 0 Å². The van der Waals surface area contributed by atoms with E-state index in [9.17, 15) is 4.79 Å². The predicted molar refractivity (Wildman–Crippen MR) is 92.1 cm³/mol. The first-order valence-electron chi connectivity index (χ1n) is 8.11. The molecule has 0 N–H and O–H groups in total. The van der Waals surface area contributed by atoms with E-state index in [-0.39, 0.29) is 6.61 Å². The molecule has 0 aliphatic rings. The van der Waals surface area contributed by atoms with Crippen LogP contribution in [0.3, 0.4) is 0 Å². The average Bonchev–Trinajstić information content (AvgIpc) is 2.55. The van der Waals surface area contributed by atoms with Gasteiger partial charge in [-0.1, -0.05) is 57.5 Å². The quantitative estimate of drug-likeness (QED) is 0.547. The molecule has 0 aliphatic heterocycles. The number of ether oxygens (including phenoxy) is 2. The molecule has 0 unspecified atom stereocenters. The summed E-state index contributed by atoms with van der Waals surface area (Å²) >= 11 is 0. The lowest BCUT2D eigenvalue weighted by Gasteiger charge is -2.13. The van der Waals surface area contributed by atoms with Crippen LogP contribution < -0.4 is 9.47 Å². The van der Waals surface area contributed by atoms with Crippen LogP contribution in [0.15, 0.2) is 48.5 Å². The number of hydrogen-bond donors (Lipinski definition) is 0. The van der Waals surface area contributed by atoms with Crippen molar-refractivity contribution in [2.75, 3.05) is 6.61 Å². The van der Waals surface area contributed by atoms with Crippen molar-refractivity contribution >= 4 is 5.97 Å². The van der Waals surface area contributed by atoms with Crippen LogP contribution in [0.4, 0.5) is 0 Å². The molecule has 3 heteroatoms. The zero-order valence-electron chi connectivity index (χ0n) is 14.0. The molecule has 0 atom stereocenters. The summed E-state index contributed by atoms with van der Waals surface area (Å²) in [5.41, 5.74) is 2.33. The van der Waals surface area contributed by atoms with Crippen molar-refractivity contribution in [3.05, 3.63) is 59.7 Å². The first-order valence-corrected chi connectivity index (χ1v) is 8.11. The van der Waals surface area contributed by atoms with Crippen molar-refractivity contribution in [3.63, 3.8) is 0 Å². The highest BCUT2D eigenvalue weighted by molar-refractivity contribution is 5.74. The van der Waals surface area contributed by atoms with E-state index < -0.39 is 5.97 Å². The number of benzene rings is 2. The third kappa shape index (κ3) is 5.13. The van der Waals surface area contributed by atoms with Gasteiger partial charge >= 0.3 is 5.97 Å². The smallest absolute Gasteiger partial charge is 0.349 e. The molecule has 0 bridgehead atoms. The van der Waals surface area contributed by atoms with Crippen LogP contribution in [0.2, 0.25) is 0 Å². The van der Waals surface area contributed by atoms with Gasteiger partial charge in [0.15, 0.2) is 6.61 Å². The van der Waals surface area contributed by atoms with Gasteiger partial charge in [0.1, 0.15) is 11.5 Å². The minimum atomic E-state index is -0.396. The molecule has 2 aromatic carbocycles. The van der Waals surface area contributed by atoms with Gasteiger partial charge < -0.3 is 9.47 Å². The van der Waals surface area contributed by atoms with Crippen molar-refractivity contribution in [2.24, 2.45) is 0 Å². The number of carbonyl (C=O) groups excluding carboxylic acids is 1. The van der Waals surface area contributed by atoms with Gasteiger partial charge in [-0.05, 0) is 41.7 Å². The fraction of sp³-hybridized carbons (Fsp3) is 0.350. The highest BCUT2D eigenvalue weighted by Gasteiger charge is 2.10. The Hall–Kier alpha value is -2.29. The number of para-hydroxylation sites is 1. The standard InChI is InChI=1S/C20H24O3/c1-4-7-16-10-12-17(13-11-16)23-20(21)14-22-19-9-6-5-8-18(19)15(2)3/h5-6,8-13,15H,4,7,14H2,1-3H3. The lowest BCUT2D eigenvalue weighted by Crippen LogP contribution is -2.18. The van der Waals surface area contributed by atoms with Gasteiger partial charge in [-0.3, -0.25) is 0 Å². The number of hydrogen-bond acceptors (Lipinski definition) is 3. The molecule has 0 heterocycles. The fourth-order valence-corrected chi connectivity index (χ4v) is 2.40. The lowest BCUT2D eigenvalue weighted by atomic mass is 10.0. The Kier molecular flexibility index (Phi) is 6.21. The second-order valence-corrected chi connectivity index (χ2v) is 5.85. The zero-order chi connectivity index (χ0) is 16.7. The maximum atomic E-state index is 11.9. The van der Waals surface area contributed by atoms with Crippen molar-refractivity contribution in [1.29, 1.82) is 0 Å². The Bertz CT molecular complexity index is 630. The topological polar surface area (TPSA) is 35.5 Å². The lowest BCUT2D eigenvalue weighted by molar-refractivity contribution is -0.136. The van der Waals surface area contributed by atoms with E-state index in [1.807, 2.05) is 48.5 Å². The normalized spacial score (nSPS) is 10.6. The zero-order valence-corrected chi connectivity index (χ0v) is 14.0. The second-order valence-electron chi connectivity index (χ2n) is 5.85. The molecule has 0 spiro atoms. The van der Waals surface area contributed by atoms with Crippen LogP contribution in [-0.2, 0) is 11.2 Å². The van der Waals surface area contributed by atoms with Gasteiger partial charge in [0, 0.05) is 0 Å². The predicted octanol–water partition coefficient (Wildman–Crippen LogP) is 4.75. The van der Waals surface area contributed by atoms with Crippen molar-refractivity contribution < 1.29 is 14.3 Å². The van der Waals surface area contributed by atoms with Gasteiger partial charge in [-0.25, -0.2) is 4.79 Å². The molecular weight excluding hydrogens is 288 g/mol. The van der Waals surface area contributed by atoms with Gasteiger partial charge in [0.25, 0.3) is 0 Å². The third-order valence-corrected chi connectivity index (χ3v) is 3.58. The number of aryl methyl sites for hydroxylation is 1. The highest BCUT2D eigenvalue weighted by atomic mass is 16.6. The van der Waals surface area contributed by atoms with Crippen LogP contribution in [-0.4, -0.2) is 12.6 Å². The maximum Gasteiger partial charge on any atom is 0.349 e. The fourth-order valence-electron chi connectivity index (χ4n) is 2.40. The van der Waals surface area contributed by atoms with Crippen LogP contribution in [0.5, 0.6) is 11.5 Å². The van der Waals surface area contributed by atoms with E-state index in [0.29, 0.717) is 11.7 Å². The van der Waals surface area contributed by atoms with E-state index >= 15 is 0 Å². The van der Waals surface area contributed by atoms with Crippen LogP contribution >= 0.6 is 0 Å². The molecular formula is C20H24O3. The minimum absolute atomic E-state index is 0.0968. The second kappa shape index (κ2) is 8.37. The third-order valence-electron chi connectivity index (χ3n) is 3.58. The van der Waals surface area contributed by atoms with Crippen molar-refractivity contribution in [3.8, 4) is 11.5 Å². The molecule has 0 aromatic heterocycles. The van der Waals surface area contributed by atoms with Gasteiger partial charge in [-0.15, -0.1) is 0 Å². The van der Waals surface area contributed by atoms with Crippen LogP contribution in [0.25, 0.3) is 0 Å². The van der Waals surface area contributed by atoms with E-state index in [4.69, 9.17) is 9.47 Å². The summed E-state index contributed by atoms with van der Waals surface area (Å²) in [4.78, 5) is 11.9. The molecule has 0 saturated heterocycles. The summed E-state index contributed by atoms with van der Waals surface area (Å²) < 4.78 is 10.9. The van der Waals surface area contributed by atoms with E-state index in [2.05, 4.69) is 20.8 Å². The Labute approximate surface area is 138 Å². The first kappa shape index (κ1) is 17.1.